The summed E-state index contributed by atoms with van der Waals surface area (Å²) in [4.78, 5) is 40.4. The Morgan fingerprint density at radius 2 is 1.77 bits per heavy atom. The van der Waals surface area contributed by atoms with Gasteiger partial charge >= 0.3 is 19.7 Å². The minimum Gasteiger partial charge on any atom is -0.444 e. The number of benzene rings is 1. The fourth-order valence-electron chi connectivity index (χ4n) is 4.48. The van der Waals surface area contributed by atoms with E-state index in [4.69, 9.17) is 9.26 Å². The zero-order valence-electron chi connectivity index (χ0n) is 21.4. The Hall–Kier alpha value is -2.09. The van der Waals surface area contributed by atoms with Gasteiger partial charge < -0.3 is 24.0 Å². The fraction of sp³-hybridized carbons (Fsp3) is 0.680. The molecule has 1 aromatic carbocycles. The number of anilines is 1. The number of ether oxygens (including phenoxy) is 1. The zero-order chi connectivity index (χ0) is 25.6. The summed E-state index contributed by atoms with van der Waals surface area (Å²) in [6, 6.07) is 7.60. The van der Waals surface area contributed by atoms with E-state index in [9.17, 15) is 19.0 Å². The second kappa shape index (κ2) is 11.8. The van der Waals surface area contributed by atoms with E-state index in [-0.39, 0.29) is 24.9 Å². The van der Waals surface area contributed by atoms with Crippen molar-refractivity contribution in [3.8, 4) is 0 Å². The second-order valence-electron chi connectivity index (χ2n) is 10.3. The summed E-state index contributed by atoms with van der Waals surface area (Å²) in [6.45, 7) is 11.0. The molecule has 2 fully saturated rings. The van der Waals surface area contributed by atoms with E-state index in [1.54, 1.807) is 16.7 Å². The van der Waals surface area contributed by atoms with Crippen LogP contribution in [0.4, 0.5) is 15.3 Å². The summed E-state index contributed by atoms with van der Waals surface area (Å²) >= 11 is 0. The number of carbonyl (C=O) groups excluding carboxylic acids is 2. The maximum Gasteiger partial charge on any atom is 0.410 e. The van der Waals surface area contributed by atoms with Crippen molar-refractivity contribution < 1.29 is 28.3 Å². The van der Waals surface area contributed by atoms with E-state index in [2.05, 4.69) is 0 Å². The topological polar surface area (TPSA) is 99.6 Å². The predicted octanol–water partition coefficient (Wildman–Crippen LogP) is 4.73. The third kappa shape index (κ3) is 8.23. The smallest absolute Gasteiger partial charge is 0.410 e. The summed E-state index contributed by atoms with van der Waals surface area (Å²) in [5.74, 6) is 0.494. The van der Waals surface area contributed by atoms with E-state index < -0.39 is 13.2 Å². The lowest BCUT2D eigenvalue weighted by molar-refractivity contribution is 0.0179. The molecular weight excluding hydrogens is 469 g/mol. The Morgan fingerprint density at radius 1 is 1.11 bits per heavy atom. The average Bonchev–Trinajstić information content (AvgIpc) is 3.16. The van der Waals surface area contributed by atoms with Gasteiger partial charge in [-0.2, -0.15) is 0 Å². The molecule has 0 bridgehead atoms. The van der Waals surface area contributed by atoms with Crippen LogP contribution >= 0.6 is 7.60 Å². The predicted molar refractivity (Wildman–Crippen MR) is 136 cm³/mol. The largest absolute Gasteiger partial charge is 0.444 e. The molecule has 9 nitrogen and oxygen atoms in total. The summed E-state index contributed by atoms with van der Waals surface area (Å²) in [7, 11) is -3.54. The van der Waals surface area contributed by atoms with Gasteiger partial charge in [-0.15, -0.1) is 0 Å². The molecule has 10 heteroatoms. The summed E-state index contributed by atoms with van der Waals surface area (Å²) in [5.41, 5.74) is 1.29. The molecule has 0 aliphatic carbocycles. The van der Waals surface area contributed by atoms with Gasteiger partial charge in [0.25, 0.3) is 0 Å². The standard InChI is InChI=1S/C25H40N3O6P/c1-5-33-35(31,32)19-13-20-6-8-22(9-7-20)28-18-17-26(23(28)29)14-10-21-11-15-27(16-12-21)24(30)34-25(2,3)4/h6-9,21H,5,10-19H2,1-4H3,(H,31,32). The highest BCUT2D eigenvalue weighted by Crippen LogP contribution is 2.42. The van der Waals surface area contributed by atoms with Crippen molar-refractivity contribution in [1.29, 1.82) is 0 Å². The molecule has 2 saturated heterocycles. The first-order valence-corrected chi connectivity index (χ1v) is 14.3. The Bertz CT molecular complexity index is 909. The highest BCUT2D eigenvalue weighted by Gasteiger charge is 2.31. The molecule has 2 aliphatic heterocycles. The van der Waals surface area contributed by atoms with Crippen molar-refractivity contribution in [3.05, 3.63) is 29.8 Å². The highest BCUT2D eigenvalue weighted by molar-refractivity contribution is 7.52. The molecule has 3 rings (SSSR count). The van der Waals surface area contributed by atoms with E-state index >= 15 is 0 Å². The van der Waals surface area contributed by atoms with Crippen LogP contribution in [0.5, 0.6) is 0 Å². The Labute approximate surface area is 208 Å². The van der Waals surface area contributed by atoms with Crippen LogP contribution in [0, 0.1) is 5.92 Å². The van der Waals surface area contributed by atoms with Crippen molar-refractivity contribution in [3.63, 3.8) is 0 Å². The number of aryl methyl sites for hydroxylation is 1. The van der Waals surface area contributed by atoms with Gasteiger partial charge in [-0.05, 0) is 77.0 Å². The van der Waals surface area contributed by atoms with Gasteiger partial charge in [0.05, 0.1) is 12.8 Å². The molecule has 196 valence electrons. The lowest BCUT2D eigenvalue weighted by Crippen LogP contribution is -2.42. The molecule has 0 radical (unpaired) electrons. The van der Waals surface area contributed by atoms with Crippen LogP contribution in [-0.2, 0) is 20.2 Å². The second-order valence-corrected chi connectivity index (χ2v) is 12.3. The molecule has 3 amide bonds. The normalized spacial score (nSPS) is 19.2. The molecule has 1 unspecified atom stereocenters. The summed E-state index contributed by atoms with van der Waals surface area (Å²) in [5, 5.41) is 0. The Morgan fingerprint density at radius 3 is 2.37 bits per heavy atom. The van der Waals surface area contributed by atoms with Gasteiger partial charge in [-0.25, -0.2) is 9.59 Å². The number of likely N-dealkylation sites (tertiary alicyclic amines) is 1. The SMILES string of the molecule is CCOP(=O)(O)CCc1ccc(N2CCN(CCC3CCN(C(=O)OC(C)(C)C)CC3)C2=O)cc1. The molecule has 2 aliphatic rings. The molecule has 0 aromatic heterocycles. The number of carbonyl (C=O) groups is 2. The van der Waals surface area contributed by atoms with Crippen LogP contribution in [0.2, 0.25) is 0 Å². The van der Waals surface area contributed by atoms with Crippen LogP contribution in [0.15, 0.2) is 24.3 Å². The van der Waals surface area contributed by atoms with Crippen LogP contribution in [-0.4, -0.2) is 77.9 Å². The maximum atomic E-state index is 13.0. The number of amides is 3. The number of piperidine rings is 1. The first-order chi connectivity index (χ1) is 16.5. The average molecular weight is 510 g/mol. The van der Waals surface area contributed by atoms with Crippen LogP contribution in [0.25, 0.3) is 0 Å². The number of hydrogen-bond donors (Lipinski definition) is 1. The summed E-state index contributed by atoms with van der Waals surface area (Å²) in [6.07, 6.45) is 3.06. The van der Waals surface area contributed by atoms with E-state index in [1.165, 1.54) is 0 Å². The lowest BCUT2D eigenvalue weighted by atomic mass is 9.93. The van der Waals surface area contributed by atoms with Crippen molar-refractivity contribution in [2.24, 2.45) is 5.92 Å². The molecule has 2 heterocycles. The minimum atomic E-state index is -3.54. The Balaban J connectivity index is 1.42. The van der Waals surface area contributed by atoms with Crippen molar-refractivity contribution in [1.82, 2.24) is 9.80 Å². The molecule has 1 aromatic rings. The monoisotopic (exact) mass is 509 g/mol. The first-order valence-electron chi connectivity index (χ1n) is 12.6. The summed E-state index contributed by atoms with van der Waals surface area (Å²) < 4.78 is 22.2. The van der Waals surface area contributed by atoms with Crippen molar-refractivity contribution in [2.45, 2.75) is 59.0 Å². The fourth-order valence-corrected chi connectivity index (χ4v) is 5.55. The molecule has 0 spiro atoms. The third-order valence-corrected chi connectivity index (χ3v) is 7.88. The number of hydrogen-bond acceptors (Lipinski definition) is 5. The van der Waals surface area contributed by atoms with Crippen molar-refractivity contribution >= 4 is 25.4 Å². The minimum absolute atomic E-state index is 0.0140. The number of rotatable bonds is 9. The molecular formula is C25H40N3O6P. The van der Waals surface area contributed by atoms with Gasteiger partial charge in [-0.1, -0.05) is 12.1 Å². The van der Waals surface area contributed by atoms with Gasteiger partial charge in [-0.3, -0.25) is 9.46 Å². The molecule has 35 heavy (non-hydrogen) atoms. The number of nitrogens with zero attached hydrogens (tertiary/aromatic N) is 3. The van der Waals surface area contributed by atoms with Crippen LogP contribution < -0.4 is 4.90 Å². The van der Waals surface area contributed by atoms with Crippen LogP contribution in [0.1, 0.15) is 52.5 Å². The lowest BCUT2D eigenvalue weighted by Gasteiger charge is -2.34. The number of urea groups is 1. The van der Waals surface area contributed by atoms with E-state index in [0.29, 0.717) is 45.1 Å². The van der Waals surface area contributed by atoms with Gasteiger partial charge in [0, 0.05) is 38.4 Å². The third-order valence-electron chi connectivity index (χ3n) is 6.43. The quantitative estimate of drug-likeness (QED) is 0.483. The zero-order valence-corrected chi connectivity index (χ0v) is 22.3. The van der Waals surface area contributed by atoms with Crippen LogP contribution in [0.3, 0.4) is 0 Å². The maximum absolute atomic E-state index is 13.0. The van der Waals surface area contributed by atoms with E-state index in [0.717, 1.165) is 30.5 Å². The van der Waals surface area contributed by atoms with Gasteiger partial charge in [0.15, 0.2) is 0 Å². The first kappa shape index (κ1) is 27.5. The Kier molecular flexibility index (Phi) is 9.24. The van der Waals surface area contributed by atoms with Gasteiger partial charge in [0.1, 0.15) is 5.60 Å². The molecule has 1 atom stereocenters. The highest BCUT2D eigenvalue weighted by atomic mass is 31.2. The molecule has 0 saturated carbocycles. The van der Waals surface area contributed by atoms with Gasteiger partial charge in [0.2, 0.25) is 0 Å². The van der Waals surface area contributed by atoms with Crippen molar-refractivity contribution in [2.75, 3.05) is 50.4 Å². The molecule has 1 N–H and O–H groups in total. The van der Waals surface area contributed by atoms with E-state index in [1.807, 2.05) is 49.9 Å².